The zero-order valence-electron chi connectivity index (χ0n) is 19.5. The van der Waals surface area contributed by atoms with Gasteiger partial charge in [0.1, 0.15) is 0 Å². The number of anilines is 1. The van der Waals surface area contributed by atoms with Gasteiger partial charge in [-0.2, -0.15) is 4.41 Å². The van der Waals surface area contributed by atoms with Crippen LogP contribution >= 0.6 is 11.6 Å². The summed E-state index contributed by atoms with van der Waals surface area (Å²) in [5, 5.41) is 4.89. The zero-order valence-corrected chi connectivity index (χ0v) is 21.1. The summed E-state index contributed by atoms with van der Waals surface area (Å²) in [6.07, 6.45) is 1.22. The van der Waals surface area contributed by atoms with Crippen LogP contribution in [0.5, 0.6) is 0 Å². The van der Waals surface area contributed by atoms with Crippen LogP contribution in [0.1, 0.15) is 22.3 Å². The standard InChI is InChI=1S/C26H25ClN4O4S/c1-17-11-12-30(31(36(34)35)24-8-4-6-18-5-2-3-7-22(18)24)26(33)23(17)14-25(32)29-16-20-13-21(27)10-9-19(20)15-28/h2-13H,14-16,28H2,1H3,(H,29,32)(H,34,35). The Morgan fingerprint density at radius 2 is 1.86 bits per heavy atom. The highest BCUT2D eigenvalue weighted by Gasteiger charge is 2.21. The van der Waals surface area contributed by atoms with Crippen molar-refractivity contribution in [2.75, 3.05) is 4.41 Å². The van der Waals surface area contributed by atoms with Crippen molar-refractivity contribution in [2.45, 2.75) is 26.4 Å². The fourth-order valence-electron chi connectivity index (χ4n) is 4.04. The van der Waals surface area contributed by atoms with E-state index in [1.807, 2.05) is 30.3 Å². The number of pyridine rings is 1. The maximum atomic E-state index is 13.5. The number of carbonyl (C=O) groups is 1. The number of aryl methyl sites for hydroxylation is 1. The monoisotopic (exact) mass is 524 g/mol. The van der Waals surface area contributed by atoms with Crippen molar-refractivity contribution >= 4 is 45.2 Å². The predicted molar refractivity (Wildman–Crippen MR) is 143 cm³/mol. The fourth-order valence-corrected chi connectivity index (χ4v) is 4.84. The highest BCUT2D eigenvalue weighted by Crippen LogP contribution is 2.27. The van der Waals surface area contributed by atoms with Crippen LogP contribution in [0.15, 0.2) is 77.7 Å². The van der Waals surface area contributed by atoms with Crippen LogP contribution in [0.3, 0.4) is 0 Å². The van der Waals surface area contributed by atoms with Crippen molar-refractivity contribution in [2.24, 2.45) is 5.73 Å². The molecule has 3 aromatic carbocycles. The lowest BCUT2D eigenvalue weighted by Crippen LogP contribution is -2.41. The number of aromatic nitrogens is 1. The van der Waals surface area contributed by atoms with Crippen molar-refractivity contribution in [3.05, 3.63) is 111 Å². The van der Waals surface area contributed by atoms with Gasteiger partial charge in [-0.1, -0.05) is 54.1 Å². The number of hydrogen-bond acceptors (Lipinski definition) is 4. The van der Waals surface area contributed by atoms with E-state index in [9.17, 15) is 18.4 Å². The molecular weight excluding hydrogens is 500 g/mol. The second-order valence-electron chi connectivity index (χ2n) is 8.20. The van der Waals surface area contributed by atoms with Gasteiger partial charge in [0.15, 0.2) is 0 Å². The molecule has 1 amide bonds. The number of hydrogen-bond donors (Lipinski definition) is 3. The average molecular weight is 525 g/mol. The molecule has 0 spiro atoms. The lowest BCUT2D eigenvalue weighted by Gasteiger charge is -2.24. The van der Waals surface area contributed by atoms with Crippen molar-refractivity contribution in [3.8, 4) is 0 Å². The molecule has 1 aromatic heterocycles. The molecule has 8 nitrogen and oxygen atoms in total. The van der Waals surface area contributed by atoms with E-state index in [1.165, 1.54) is 6.20 Å². The molecule has 0 radical (unpaired) electrons. The number of nitrogens with zero attached hydrogens (tertiary/aromatic N) is 2. The van der Waals surface area contributed by atoms with Gasteiger partial charge in [-0.3, -0.25) is 14.1 Å². The zero-order chi connectivity index (χ0) is 25.8. The molecule has 1 unspecified atom stereocenters. The molecule has 0 aliphatic heterocycles. The number of amides is 1. The first-order valence-corrected chi connectivity index (χ1v) is 12.6. The van der Waals surface area contributed by atoms with Crippen LogP contribution in [-0.4, -0.2) is 19.3 Å². The number of nitrogens with two attached hydrogens (primary N) is 1. The van der Waals surface area contributed by atoms with Crippen LogP contribution in [0.2, 0.25) is 5.02 Å². The summed E-state index contributed by atoms with van der Waals surface area (Å²) in [4.78, 5) is 26.2. The Balaban J connectivity index is 1.65. The van der Waals surface area contributed by atoms with E-state index in [0.29, 0.717) is 28.2 Å². The van der Waals surface area contributed by atoms with Gasteiger partial charge in [0.25, 0.3) is 16.8 Å². The molecule has 36 heavy (non-hydrogen) atoms. The molecule has 0 saturated heterocycles. The van der Waals surface area contributed by atoms with Crippen molar-refractivity contribution in [3.63, 3.8) is 0 Å². The van der Waals surface area contributed by atoms with Crippen LogP contribution < -0.4 is 21.0 Å². The molecule has 1 atom stereocenters. The largest absolute Gasteiger partial charge is 0.352 e. The van der Waals surface area contributed by atoms with E-state index in [0.717, 1.165) is 25.6 Å². The molecule has 0 bridgehead atoms. The summed E-state index contributed by atoms with van der Waals surface area (Å²) in [5.41, 5.74) is 8.05. The summed E-state index contributed by atoms with van der Waals surface area (Å²) in [7, 11) is 0. The van der Waals surface area contributed by atoms with Gasteiger partial charge in [-0.25, -0.2) is 8.89 Å². The molecule has 4 aromatic rings. The molecule has 0 saturated carbocycles. The van der Waals surface area contributed by atoms with E-state index in [4.69, 9.17) is 17.3 Å². The second-order valence-corrected chi connectivity index (χ2v) is 9.44. The minimum atomic E-state index is -2.56. The minimum Gasteiger partial charge on any atom is -0.352 e. The predicted octanol–water partition coefficient (Wildman–Crippen LogP) is 3.69. The first-order chi connectivity index (χ1) is 17.3. The third-order valence-corrected chi connectivity index (χ3v) is 6.83. The molecule has 4 rings (SSSR count). The number of rotatable bonds is 8. The number of fused-ring (bicyclic) bond motifs is 1. The van der Waals surface area contributed by atoms with E-state index >= 15 is 0 Å². The summed E-state index contributed by atoms with van der Waals surface area (Å²) >= 11 is 3.51. The summed E-state index contributed by atoms with van der Waals surface area (Å²) in [5.74, 6) is -0.377. The molecule has 186 valence electrons. The normalized spacial score (nSPS) is 11.9. The Bertz CT molecular complexity index is 1520. The highest BCUT2D eigenvalue weighted by molar-refractivity contribution is 7.80. The Hall–Kier alpha value is -3.50. The van der Waals surface area contributed by atoms with Crippen molar-refractivity contribution < 1.29 is 13.6 Å². The molecule has 0 fully saturated rings. The van der Waals surface area contributed by atoms with Gasteiger partial charge in [0, 0.05) is 35.3 Å². The van der Waals surface area contributed by atoms with E-state index in [2.05, 4.69) is 5.32 Å². The van der Waals surface area contributed by atoms with E-state index < -0.39 is 16.8 Å². The van der Waals surface area contributed by atoms with Gasteiger partial charge in [-0.05, 0) is 53.3 Å². The number of benzene rings is 3. The van der Waals surface area contributed by atoms with Crippen LogP contribution in [0.25, 0.3) is 10.8 Å². The topological polar surface area (TPSA) is 118 Å². The van der Waals surface area contributed by atoms with Gasteiger partial charge in [-0.15, -0.1) is 0 Å². The van der Waals surface area contributed by atoms with Gasteiger partial charge < -0.3 is 11.1 Å². The van der Waals surface area contributed by atoms with Crippen LogP contribution in [0.4, 0.5) is 5.69 Å². The molecular formula is C26H25ClN4O4S. The average Bonchev–Trinajstić information content (AvgIpc) is 2.87. The van der Waals surface area contributed by atoms with Gasteiger partial charge in [0.05, 0.1) is 12.1 Å². The first kappa shape index (κ1) is 25.6. The fraction of sp³-hybridized carbons (Fsp3) is 0.154. The SMILES string of the molecule is Cc1ccn(N(c2cccc3ccccc23)S(=O)O)c(=O)c1CC(=O)NCc1cc(Cl)ccc1CN. The number of carbonyl (C=O) groups excluding carboxylic acids is 1. The minimum absolute atomic E-state index is 0.203. The van der Waals surface area contributed by atoms with Crippen LogP contribution in [-0.2, 0) is 35.6 Å². The Kier molecular flexibility index (Phi) is 7.85. The Labute approximate surface area is 215 Å². The highest BCUT2D eigenvalue weighted by atomic mass is 35.5. The Morgan fingerprint density at radius 3 is 2.61 bits per heavy atom. The lowest BCUT2D eigenvalue weighted by molar-refractivity contribution is -0.120. The quantitative estimate of drug-likeness (QED) is 0.304. The van der Waals surface area contributed by atoms with Crippen molar-refractivity contribution in [1.29, 1.82) is 0 Å². The van der Waals surface area contributed by atoms with Crippen LogP contribution in [0, 0.1) is 6.92 Å². The molecule has 0 aliphatic carbocycles. The molecule has 4 N–H and O–H groups in total. The maximum absolute atomic E-state index is 13.5. The maximum Gasteiger partial charge on any atom is 0.281 e. The number of nitrogens with one attached hydrogen (secondary N) is 1. The van der Waals surface area contributed by atoms with E-state index in [1.54, 1.807) is 43.3 Å². The molecule has 0 aliphatic rings. The summed E-state index contributed by atoms with van der Waals surface area (Å²) < 4.78 is 24.7. The van der Waals surface area contributed by atoms with E-state index in [-0.39, 0.29) is 24.4 Å². The second kappa shape index (κ2) is 11.0. The lowest BCUT2D eigenvalue weighted by atomic mass is 10.1. The summed E-state index contributed by atoms with van der Waals surface area (Å²) in [6.45, 7) is 2.22. The third kappa shape index (κ3) is 5.34. The number of halogens is 1. The summed E-state index contributed by atoms with van der Waals surface area (Å²) in [6, 6.07) is 19.6. The Morgan fingerprint density at radius 1 is 1.11 bits per heavy atom. The smallest absolute Gasteiger partial charge is 0.281 e. The van der Waals surface area contributed by atoms with Gasteiger partial charge >= 0.3 is 0 Å². The van der Waals surface area contributed by atoms with Crippen molar-refractivity contribution in [1.82, 2.24) is 9.99 Å². The van der Waals surface area contributed by atoms with Gasteiger partial charge in [0.2, 0.25) is 5.91 Å². The third-order valence-electron chi connectivity index (χ3n) is 5.93. The molecule has 10 heteroatoms. The molecule has 1 heterocycles. The first-order valence-electron chi connectivity index (χ1n) is 11.1.